The molecule has 0 radical (unpaired) electrons. The fourth-order valence-electron chi connectivity index (χ4n) is 3.82. The molecule has 2 fully saturated rings. The summed E-state index contributed by atoms with van der Waals surface area (Å²) in [5, 5.41) is 0. The van der Waals surface area contributed by atoms with Gasteiger partial charge >= 0.3 is 0 Å². The smallest absolute Gasteiger partial charge is 0.0234 e. The molecule has 0 aromatic heterocycles. The van der Waals surface area contributed by atoms with E-state index in [-0.39, 0.29) is 0 Å². The van der Waals surface area contributed by atoms with Gasteiger partial charge in [-0.1, -0.05) is 36.8 Å². The third kappa shape index (κ3) is 2.00. The summed E-state index contributed by atoms with van der Waals surface area (Å²) in [4.78, 5) is 2.60. The highest BCUT2D eigenvalue weighted by Crippen LogP contribution is 2.48. The predicted octanol–water partition coefficient (Wildman–Crippen LogP) is 2.25. The molecule has 3 rings (SSSR count). The minimum Gasteiger partial charge on any atom is -0.330 e. The maximum Gasteiger partial charge on any atom is 0.0234 e. The first kappa shape index (κ1) is 11.2. The van der Waals surface area contributed by atoms with E-state index in [1.54, 1.807) is 0 Å². The van der Waals surface area contributed by atoms with E-state index in [1.165, 1.54) is 37.9 Å². The minimum atomic E-state index is 0.453. The van der Waals surface area contributed by atoms with Crippen molar-refractivity contribution < 1.29 is 0 Å². The fraction of sp³-hybridized carbons (Fsp3) is 0.600. The highest BCUT2D eigenvalue weighted by molar-refractivity contribution is 5.15. The van der Waals surface area contributed by atoms with Crippen LogP contribution < -0.4 is 5.73 Å². The lowest BCUT2D eigenvalue weighted by atomic mass is 9.81. The van der Waals surface area contributed by atoms with Crippen LogP contribution in [0.25, 0.3) is 0 Å². The largest absolute Gasteiger partial charge is 0.330 e. The van der Waals surface area contributed by atoms with Crippen LogP contribution in [0.2, 0.25) is 0 Å². The molecule has 1 aromatic carbocycles. The molecular formula is C15H22N2. The molecule has 1 aliphatic carbocycles. The first-order chi connectivity index (χ1) is 8.32. The van der Waals surface area contributed by atoms with Gasteiger partial charge in [-0.3, -0.25) is 4.90 Å². The van der Waals surface area contributed by atoms with E-state index < -0.39 is 0 Å². The molecule has 2 unspecified atom stereocenters. The van der Waals surface area contributed by atoms with Crippen molar-refractivity contribution in [3.05, 3.63) is 35.9 Å². The van der Waals surface area contributed by atoms with Gasteiger partial charge in [-0.25, -0.2) is 0 Å². The van der Waals surface area contributed by atoms with Crippen LogP contribution in [0, 0.1) is 11.3 Å². The number of rotatable bonds is 3. The Kier molecular flexibility index (Phi) is 2.93. The highest BCUT2D eigenvalue weighted by Gasteiger charge is 2.47. The molecule has 1 saturated heterocycles. The van der Waals surface area contributed by atoms with Crippen molar-refractivity contribution in [1.29, 1.82) is 0 Å². The van der Waals surface area contributed by atoms with E-state index in [1.807, 2.05) is 0 Å². The van der Waals surface area contributed by atoms with Crippen LogP contribution in [0.15, 0.2) is 30.3 Å². The zero-order chi connectivity index (χ0) is 11.7. The Bertz CT molecular complexity index is 376. The molecule has 1 saturated carbocycles. The van der Waals surface area contributed by atoms with Crippen molar-refractivity contribution >= 4 is 0 Å². The Balaban J connectivity index is 1.68. The number of hydrogen-bond acceptors (Lipinski definition) is 2. The Hall–Kier alpha value is -0.860. The van der Waals surface area contributed by atoms with E-state index in [0.29, 0.717) is 5.41 Å². The van der Waals surface area contributed by atoms with E-state index in [0.717, 1.165) is 19.0 Å². The van der Waals surface area contributed by atoms with Crippen LogP contribution in [0.1, 0.15) is 24.8 Å². The van der Waals surface area contributed by atoms with Crippen LogP contribution in [0.4, 0.5) is 0 Å². The third-order valence-corrected chi connectivity index (χ3v) is 4.77. The summed E-state index contributed by atoms with van der Waals surface area (Å²) in [5.74, 6) is 0.858. The Labute approximate surface area is 104 Å². The van der Waals surface area contributed by atoms with Gasteiger partial charge in [0, 0.05) is 19.6 Å². The maximum atomic E-state index is 6.04. The summed E-state index contributed by atoms with van der Waals surface area (Å²) in [5.41, 5.74) is 7.92. The highest BCUT2D eigenvalue weighted by atomic mass is 15.2. The molecular weight excluding hydrogens is 208 g/mol. The van der Waals surface area contributed by atoms with Gasteiger partial charge in [-0.2, -0.15) is 0 Å². The molecule has 17 heavy (non-hydrogen) atoms. The monoisotopic (exact) mass is 230 g/mol. The zero-order valence-corrected chi connectivity index (χ0v) is 10.4. The van der Waals surface area contributed by atoms with Crippen LogP contribution in [-0.4, -0.2) is 24.5 Å². The van der Waals surface area contributed by atoms with Gasteiger partial charge < -0.3 is 5.73 Å². The Morgan fingerprint density at radius 2 is 2.12 bits per heavy atom. The molecule has 2 heteroatoms. The van der Waals surface area contributed by atoms with Crippen molar-refractivity contribution in [2.45, 2.75) is 25.8 Å². The number of nitrogens with two attached hydrogens (primary N) is 1. The fourth-order valence-corrected chi connectivity index (χ4v) is 3.82. The van der Waals surface area contributed by atoms with Crippen molar-refractivity contribution in [3.8, 4) is 0 Å². The van der Waals surface area contributed by atoms with Crippen molar-refractivity contribution in [1.82, 2.24) is 4.90 Å². The van der Waals surface area contributed by atoms with Gasteiger partial charge in [0.05, 0.1) is 0 Å². The molecule has 2 N–H and O–H groups in total. The molecule has 1 aromatic rings. The van der Waals surface area contributed by atoms with Gasteiger partial charge in [-0.05, 0) is 36.3 Å². The Morgan fingerprint density at radius 3 is 2.82 bits per heavy atom. The number of fused-ring (bicyclic) bond motifs is 1. The molecule has 2 aliphatic rings. The maximum absolute atomic E-state index is 6.04. The number of likely N-dealkylation sites (tertiary alicyclic amines) is 1. The molecule has 92 valence electrons. The molecule has 1 aliphatic heterocycles. The van der Waals surface area contributed by atoms with Crippen molar-refractivity contribution in [2.75, 3.05) is 19.6 Å². The zero-order valence-electron chi connectivity index (χ0n) is 10.4. The van der Waals surface area contributed by atoms with Crippen molar-refractivity contribution in [2.24, 2.45) is 17.1 Å². The van der Waals surface area contributed by atoms with Crippen LogP contribution >= 0.6 is 0 Å². The quantitative estimate of drug-likeness (QED) is 0.863. The average Bonchev–Trinajstić information content (AvgIpc) is 2.87. The predicted molar refractivity (Wildman–Crippen MR) is 70.5 cm³/mol. The minimum absolute atomic E-state index is 0.453. The summed E-state index contributed by atoms with van der Waals surface area (Å²) in [7, 11) is 0. The topological polar surface area (TPSA) is 29.3 Å². The van der Waals surface area contributed by atoms with Crippen LogP contribution in [-0.2, 0) is 6.54 Å². The lowest BCUT2D eigenvalue weighted by Crippen LogP contribution is -2.34. The second-order valence-electron chi connectivity index (χ2n) is 5.81. The number of benzene rings is 1. The number of hydrogen-bond donors (Lipinski definition) is 1. The van der Waals surface area contributed by atoms with E-state index in [9.17, 15) is 0 Å². The summed E-state index contributed by atoms with van der Waals surface area (Å²) in [6.07, 6.45) is 4.13. The second kappa shape index (κ2) is 4.43. The van der Waals surface area contributed by atoms with Gasteiger partial charge in [0.25, 0.3) is 0 Å². The van der Waals surface area contributed by atoms with Crippen LogP contribution in [0.5, 0.6) is 0 Å². The first-order valence-electron chi connectivity index (χ1n) is 6.79. The van der Waals surface area contributed by atoms with Gasteiger partial charge in [0.15, 0.2) is 0 Å². The lowest BCUT2D eigenvalue weighted by Gasteiger charge is -2.27. The number of nitrogens with zero attached hydrogens (tertiary/aromatic N) is 1. The summed E-state index contributed by atoms with van der Waals surface area (Å²) < 4.78 is 0. The lowest BCUT2D eigenvalue weighted by molar-refractivity contribution is 0.246. The normalized spacial score (nSPS) is 32.9. The molecule has 0 amide bonds. The third-order valence-electron chi connectivity index (χ3n) is 4.77. The van der Waals surface area contributed by atoms with E-state index >= 15 is 0 Å². The molecule has 2 nitrogen and oxygen atoms in total. The van der Waals surface area contributed by atoms with Gasteiger partial charge in [0.2, 0.25) is 0 Å². The molecule has 1 heterocycles. The van der Waals surface area contributed by atoms with Crippen molar-refractivity contribution in [3.63, 3.8) is 0 Å². The summed E-state index contributed by atoms with van der Waals surface area (Å²) in [6, 6.07) is 10.8. The summed E-state index contributed by atoms with van der Waals surface area (Å²) in [6.45, 7) is 4.44. The first-order valence-corrected chi connectivity index (χ1v) is 6.79. The SMILES string of the molecule is NCC12CCCC1CN(Cc1ccccc1)C2. The van der Waals surface area contributed by atoms with E-state index in [4.69, 9.17) is 5.73 Å². The van der Waals surface area contributed by atoms with E-state index in [2.05, 4.69) is 35.2 Å². The Morgan fingerprint density at radius 1 is 1.29 bits per heavy atom. The second-order valence-corrected chi connectivity index (χ2v) is 5.81. The molecule has 2 atom stereocenters. The average molecular weight is 230 g/mol. The standard InChI is InChI=1S/C15H22N2/c16-11-15-8-4-7-14(15)10-17(12-15)9-13-5-2-1-3-6-13/h1-3,5-6,14H,4,7-12,16H2. The van der Waals surface area contributed by atoms with Gasteiger partial charge in [0.1, 0.15) is 0 Å². The van der Waals surface area contributed by atoms with Gasteiger partial charge in [-0.15, -0.1) is 0 Å². The summed E-state index contributed by atoms with van der Waals surface area (Å²) >= 11 is 0. The molecule has 0 bridgehead atoms. The van der Waals surface area contributed by atoms with Crippen LogP contribution in [0.3, 0.4) is 0 Å². The molecule has 0 spiro atoms.